The number of pyridine rings is 1. The number of para-hydroxylation sites is 2. The number of anilines is 1. The summed E-state index contributed by atoms with van der Waals surface area (Å²) in [6.45, 7) is 0.680. The summed E-state index contributed by atoms with van der Waals surface area (Å²) < 4.78 is 5.31. The quantitative estimate of drug-likeness (QED) is 0.794. The number of hydrogen-bond acceptors (Lipinski definition) is 4. The van der Waals surface area contributed by atoms with E-state index in [2.05, 4.69) is 26.6 Å². The van der Waals surface area contributed by atoms with E-state index in [1.54, 1.807) is 13.3 Å². The Morgan fingerprint density at radius 2 is 2.04 bits per heavy atom. The molecule has 122 valence electrons. The van der Waals surface area contributed by atoms with Gasteiger partial charge in [0.1, 0.15) is 5.75 Å². The average Bonchev–Trinajstić information content (AvgIpc) is 2.56. The molecule has 23 heavy (non-hydrogen) atoms. The molecule has 2 aromatic rings. The van der Waals surface area contributed by atoms with Crippen LogP contribution in [0.25, 0.3) is 0 Å². The number of ether oxygens (including phenoxy) is 1. The summed E-state index contributed by atoms with van der Waals surface area (Å²) in [6.07, 6.45) is 3.65. The van der Waals surface area contributed by atoms with Gasteiger partial charge in [0.05, 0.1) is 18.8 Å². The summed E-state index contributed by atoms with van der Waals surface area (Å²) in [4.78, 5) is 6.32. The van der Waals surface area contributed by atoms with E-state index in [1.165, 1.54) is 0 Å². The van der Waals surface area contributed by atoms with E-state index in [-0.39, 0.29) is 6.04 Å². The van der Waals surface area contributed by atoms with E-state index in [0.29, 0.717) is 11.7 Å². The number of aromatic nitrogens is 1. The summed E-state index contributed by atoms with van der Waals surface area (Å²) >= 11 is 5.39. The third kappa shape index (κ3) is 4.91. The normalized spacial score (nSPS) is 11.8. The van der Waals surface area contributed by atoms with Crippen molar-refractivity contribution in [2.75, 3.05) is 33.1 Å². The van der Waals surface area contributed by atoms with Crippen molar-refractivity contribution in [2.45, 2.75) is 6.04 Å². The fraction of sp³-hybridized carbons (Fsp3) is 0.294. The van der Waals surface area contributed by atoms with Gasteiger partial charge >= 0.3 is 0 Å². The van der Waals surface area contributed by atoms with Crippen LogP contribution >= 0.6 is 12.2 Å². The van der Waals surface area contributed by atoms with Crippen molar-refractivity contribution < 1.29 is 4.74 Å². The molecule has 0 bridgehead atoms. The maximum Gasteiger partial charge on any atom is 0.170 e. The Bertz CT molecular complexity index is 634. The van der Waals surface area contributed by atoms with Crippen LogP contribution in [0.3, 0.4) is 0 Å². The zero-order chi connectivity index (χ0) is 16.7. The van der Waals surface area contributed by atoms with E-state index in [9.17, 15) is 0 Å². The van der Waals surface area contributed by atoms with Crippen LogP contribution < -0.4 is 15.4 Å². The highest BCUT2D eigenvalue weighted by atomic mass is 32.1. The van der Waals surface area contributed by atoms with Crippen molar-refractivity contribution in [3.63, 3.8) is 0 Å². The zero-order valence-corrected chi connectivity index (χ0v) is 14.4. The summed E-state index contributed by atoms with van der Waals surface area (Å²) in [7, 11) is 5.72. The minimum Gasteiger partial charge on any atom is -0.495 e. The Morgan fingerprint density at radius 3 is 2.70 bits per heavy atom. The van der Waals surface area contributed by atoms with Crippen LogP contribution in [0.2, 0.25) is 0 Å². The van der Waals surface area contributed by atoms with Gasteiger partial charge in [0, 0.05) is 18.9 Å². The van der Waals surface area contributed by atoms with Crippen LogP contribution in [0.4, 0.5) is 5.69 Å². The van der Waals surface area contributed by atoms with Gasteiger partial charge in [0.2, 0.25) is 0 Å². The molecular formula is C17H22N4OS. The zero-order valence-electron chi connectivity index (χ0n) is 13.6. The second-order valence-electron chi connectivity index (χ2n) is 5.30. The third-order valence-electron chi connectivity index (χ3n) is 3.50. The van der Waals surface area contributed by atoms with Crippen molar-refractivity contribution >= 4 is 23.0 Å². The minimum absolute atomic E-state index is 0.182. The van der Waals surface area contributed by atoms with E-state index in [1.807, 2.05) is 50.6 Å². The lowest BCUT2D eigenvalue weighted by Gasteiger charge is -2.25. The molecule has 1 atom stereocenters. The number of methoxy groups -OCH3 is 1. The Labute approximate surface area is 142 Å². The molecule has 6 heteroatoms. The van der Waals surface area contributed by atoms with Gasteiger partial charge in [-0.25, -0.2) is 0 Å². The van der Waals surface area contributed by atoms with Gasteiger partial charge in [-0.05, 0) is 50.1 Å². The molecule has 1 heterocycles. The van der Waals surface area contributed by atoms with Crippen molar-refractivity contribution in [3.05, 3.63) is 54.4 Å². The summed E-state index contributed by atoms with van der Waals surface area (Å²) in [5.74, 6) is 0.757. The Kier molecular flexibility index (Phi) is 6.31. The number of nitrogens with zero attached hydrogens (tertiary/aromatic N) is 2. The first-order valence-electron chi connectivity index (χ1n) is 7.36. The highest BCUT2D eigenvalue weighted by molar-refractivity contribution is 7.80. The molecule has 0 saturated carbocycles. The first-order chi connectivity index (χ1) is 11.1. The molecule has 5 nitrogen and oxygen atoms in total. The van der Waals surface area contributed by atoms with Crippen LogP contribution in [0.15, 0.2) is 48.8 Å². The van der Waals surface area contributed by atoms with Crippen LogP contribution in [-0.2, 0) is 0 Å². The lowest BCUT2D eigenvalue weighted by Crippen LogP contribution is -2.36. The van der Waals surface area contributed by atoms with Gasteiger partial charge < -0.3 is 20.3 Å². The first kappa shape index (κ1) is 17.2. The van der Waals surface area contributed by atoms with E-state index in [4.69, 9.17) is 17.0 Å². The smallest absolute Gasteiger partial charge is 0.170 e. The van der Waals surface area contributed by atoms with Gasteiger partial charge in [0.15, 0.2) is 5.11 Å². The maximum atomic E-state index is 5.39. The molecule has 2 rings (SSSR count). The third-order valence-corrected chi connectivity index (χ3v) is 3.75. The van der Waals surface area contributed by atoms with Crippen molar-refractivity contribution in [1.29, 1.82) is 0 Å². The van der Waals surface area contributed by atoms with Crippen LogP contribution in [0, 0.1) is 0 Å². The van der Waals surface area contributed by atoms with E-state index < -0.39 is 0 Å². The second-order valence-corrected chi connectivity index (χ2v) is 5.71. The molecule has 1 aromatic heterocycles. The fourth-order valence-electron chi connectivity index (χ4n) is 2.28. The molecule has 0 spiro atoms. The number of thiocarbonyl (C=S) groups is 1. The van der Waals surface area contributed by atoms with E-state index >= 15 is 0 Å². The topological polar surface area (TPSA) is 49.4 Å². The van der Waals surface area contributed by atoms with Crippen LogP contribution in [0.1, 0.15) is 11.6 Å². The monoisotopic (exact) mass is 330 g/mol. The first-order valence-corrected chi connectivity index (χ1v) is 7.77. The number of hydrogen-bond donors (Lipinski definition) is 2. The second kappa shape index (κ2) is 8.45. The molecule has 0 amide bonds. The van der Waals surface area contributed by atoms with Gasteiger partial charge in [-0.1, -0.05) is 18.2 Å². The molecule has 0 radical (unpaired) electrons. The Morgan fingerprint density at radius 1 is 1.26 bits per heavy atom. The molecule has 0 fully saturated rings. The molecule has 1 aromatic carbocycles. The van der Waals surface area contributed by atoms with Crippen molar-refractivity contribution in [2.24, 2.45) is 0 Å². The number of nitrogens with one attached hydrogen (secondary N) is 2. The summed E-state index contributed by atoms with van der Waals surface area (Å²) in [6, 6.07) is 11.9. The average molecular weight is 330 g/mol. The maximum absolute atomic E-state index is 5.39. The Hall–Kier alpha value is -2.18. The molecule has 0 saturated heterocycles. The van der Waals surface area contributed by atoms with Gasteiger partial charge in [-0.2, -0.15) is 0 Å². The van der Waals surface area contributed by atoms with Crippen LogP contribution in [-0.4, -0.2) is 42.7 Å². The number of benzene rings is 1. The van der Waals surface area contributed by atoms with Gasteiger partial charge in [-0.3, -0.25) is 4.98 Å². The number of likely N-dealkylation sites (N-methyl/N-ethyl adjacent to an activating group) is 1. The SMILES string of the molecule is COc1ccccc1NC(=S)NCC(c1cccnc1)N(C)C. The minimum atomic E-state index is 0.182. The Balaban J connectivity index is 1.97. The standard InChI is InChI=1S/C17H22N4OS/c1-21(2)15(13-7-6-10-18-11-13)12-19-17(23)20-14-8-4-5-9-16(14)22-3/h4-11,15H,12H2,1-3H3,(H2,19,20,23). The van der Waals surface area contributed by atoms with Gasteiger partial charge in [-0.15, -0.1) is 0 Å². The largest absolute Gasteiger partial charge is 0.495 e. The summed E-state index contributed by atoms with van der Waals surface area (Å²) in [5, 5.41) is 6.99. The highest BCUT2D eigenvalue weighted by Gasteiger charge is 2.14. The number of rotatable bonds is 6. The lowest BCUT2D eigenvalue weighted by atomic mass is 10.1. The predicted octanol–water partition coefficient (Wildman–Crippen LogP) is 2.68. The van der Waals surface area contributed by atoms with E-state index in [0.717, 1.165) is 17.0 Å². The molecule has 1 unspecified atom stereocenters. The molecule has 0 aliphatic heterocycles. The predicted molar refractivity (Wildman–Crippen MR) is 97.9 cm³/mol. The lowest BCUT2D eigenvalue weighted by molar-refractivity contribution is 0.298. The van der Waals surface area contributed by atoms with Gasteiger partial charge in [0.25, 0.3) is 0 Å². The summed E-state index contributed by atoms with van der Waals surface area (Å²) in [5.41, 5.74) is 1.99. The van der Waals surface area contributed by atoms with Crippen molar-refractivity contribution in [1.82, 2.24) is 15.2 Å². The molecular weight excluding hydrogens is 308 g/mol. The molecule has 0 aliphatic carbocycles. The van der Waals surface area contributed by atoms with Crippen LogP contribution in [0.5, 0.6) is 5.75 Å². The highest BCUT2D eigenvalue weighted by Crippen LogP contribution is 2.23. The molecule has 0 aliphatic rings. The molecule has 2 N–H and O–H groups in total. The van der Waals surface area contributed by atoms with Crippen molar-refractivity contribution in [3.8, 4) is 5.75 Å². The fourth-order valence-corrected chi connectivity index (χ4v) is 2.47.